The Bertz CT molecular complexity index is 1640. The molecule has 6 rings (SSSR count). The van der Waals surface area contributed by atoms with Gasteiger partial charge >= 0.3 is 0 Å². The highest BCUT2D eigenvalue weighted by Gasteiger charge is 2.27. The van der Waals surface area contributed by atoms with Crippen molar-refractivity contribution in [3.63, 3.8) is 0 Å². The Morgan fingerprint density at radius 1 is 0.950 bits per heavy atom. The highest BCUT2D eigenvalue weighted by molar-refractivity contribution is 6.36. The summed E-state index contributed by atoms with van der Waals surface area (Å²) >= 11 is 12.6. The zero-order chi connectivity index (χ0) is 27.5. The number of benzene rings is 3. The first-order valence-corrected chi connectivity index (χ1v) is 14.4. The SMILES string of the molecule is O=C(Cc1cccc2ccccc12)N(CCn1nc(-c2ccc(Cl)cc2Cl)nc1-c1ccncc1)C1CCCC1. The van der Waals surface area contributed by atoms with Gasteiger partial charge in [0.05, 0.1) is 18.0 Å². The summed E-state index contributed by atoms with van der Waals surface area (Å²) in [5.74, 6) is 1.37. The fourth-order valence-electron chi connectivity index (χ4n) is 5.64. The van der Waals surface area contributed by atoms with Crippen LogP contribution in [0.25, 0.3) is 33.5 Å². The van der Waals surface area contributed by atoms with Crippen LogP contribution in [0.15, 0.2) is 85.2 Å². The lowest BCUT2D eigenvalue weighted by atomic mass is 10.0. The summed E-state index contributed by atoms with van der Waals surface area (Å²) in [5, 5.41) is 8.18. The zero-order valence-corrected chi connectivity index (χ0v) is 23.5. The van der Waals surface area contributed by atoms with Crippen LogP contribution in [0.1, 0.15) is 31.2 Å². The fraction of sp³-hybridized carbons (Fsp3) is 0.250. The van der Waals surface area contributed by atoms with Gasteiger partial charge in [-0.3, -0.25) is 9.78 Å². The average molecular weight is 571 g/mol. The summed E-state index contributed by atoms with van der Waals surface area (Å²) in [6.45, 7) is 1.05. The van der Waals surface area contributed by atoms with Crippen LogP contribution in [0.5, 0.6) is 0 Å². The van der Waals surface area contributed by atoms with E-state index < -0.39 is 0 Å². The molecule has 0 bridgehead atoms. The number of halogens is 2. The van der Waals surface area contributed by atoms with E-state index in [2.05, 4.69) is 34.1 Å². The van der Waals surface area contributed by atoms with Gasteiger partial charge in [0.15, 0.2) is 11.6 Å². The molecule has 1 amide bonds. The Kier molecular flexibility index (Phi) is 7.80. The van der Waals surface area contributed by atoms with Gasteiger partial charge < -0.3 is 4.90 Å². The van der Waals surface area contributed by atoms with Crippen LogP contribution in [0.3, 0.4) is 0 Å². The van der Waals surface area contributed by atoms with Crippen molar-refractivity contribution >= 4 is 39.9 Å². The molecule has 1 aliphatic carbocycles. The molecule has 2 heterocycles. The highest BCUT2D eigenvalue weighted by Crippen LogP contribution is 2.31. The van der Waals surface area contributed by atoms with Crippen molar-refractivity contribution in [2.75, 3.05) is 6.54 Å². The van der Waals surface area contributed by atoms with Gasteiger partial charge in [0.1, 0.15) is 0 Å². The quantitative estimate of drug-likeness (QED) is 0.194. The molecular weight excluding hydrogens is 541 g/mol. The van der Waals surface area contributed by atoms with Crippen LogP contribution in [-0.4, -0.2) is 43.1 Å². The summed E-state index contributed by atoms with van der Waals surface area (Å²) < 4.78 is 1.88. The number of amides is 1. The lowest BCUT2D eigenvalue weighted by molar-refractivity contribution is -0.132. The second kappa shape index (κ2) is 11.8. The van der Waals surface area contributed by atoms with Crippen LogP contribution >= 0.6 is 23.2 Å². The lowest BCUT2D eigenvalue weighted by Gasteiger charge is -2.29. The van der Waals surface area contributed by atoms with Gasteiger partial charge in [-0.1, -0.05) is 78.5 Å². The van der Waals surface area contributed by atoms with Crippen molar-refractivity contribution < 1.29 is 4.79 Å². The molecule has 1 fully saturated rings. The fourth-order valence-corrected chi connectivity index (χ4v) is 6.13. The first-order valence-electron chi connectivity index (χ1n) is 13.6. The Balaban J connectivity index is 1.30. The monoisotopic (exact) mass is 569 g/mol. The van der Waals surface area contributed by atoms with Crippen molar-refractivity contribution in [1.29, 1.82) is 0 Å². The summed E-state index contributed by atoms with van der Waals surface area (Å²) in [6, 6.07) is 23.8. The van der Waals surface area contributed by atoms with Crippen molar-refractivity contribution in [3.8, 4) is 22.8 Å². The average Bonchev–Trinajstić information content (AvgIpc) is 3.65. The molecule has 0 N–H and O–H groups in total. The Labute approximate surface area is 243 Å². The molecule has 0 unspecified atom stereocenters. The lowest BCUT2D eigenvalue weighted by Crippen LogP contribution is -2.42. The number of nitrogens with zero attached hydrogens (tertiary/aromatic N) is 5. The highest BCUT2D eigenvalue weighted by atomic mass is 35.5. The van der Waals surface area contributed by atoms with E-state index >= 15 is 0 Å². The van der Waals surface area contributed by atoms with E-state index in [0.29, 0.717) is 46.8 Å². The van der Waals surface area contributed by atoms with Gasteiger partial charge in [0.25, 0.3) is 0 Å². The van der Waals surface area contributed by atoms with E-state index in [9.17, 15) is 4.79 Å². The minimum Gasteiger partial charge on any atom is -0.338 e. The first kappa shape index (κ1) is 26.5. The Morgan fingerprint density at radius 2 is 1.73 bits per heavy atom. The van der Waals surface area contributed by atoms with Gasteiger partial charge in [-0.2, -0.15) is 5.10 Å². The predicted molar refractivity (Wildman–Crippen MR) is 160 cm³/mol. The van der Waals surface area contributed by atoms with Gasteiger partial charge in [-0.05, 0) is 59.5 Å². The Morgan fingerprint density at radius 3 is 2.52 bits per heavy atom. The molecule has 8 heteroatoms. The van der Waals surface area contributed by atoms with Crippen LogP contribution in [0, 0.1) is 0 Å². The molecule has 202 valence electrons. The summed E-state index contributed by atoms with van der Waals surface area (Å²) in [7, 11) is 0. The van der Waals surface area contributed by atoms with Crippen LogP contribution in [0.2, 0.25) is 10.0 Å². The zero-order valence-electron chi connectivity index (χ0n) is 22.0. The third-order valence-corrected chi connectivity index (χ3v) is 8.19. The number of fused-ring (bicyclic) bond motifs is 1. The smallest absolute Gasteiger partial charge is 0.227 e. The first-order chi connectivity index (χ1) is 19.6. The van der Waals surface area contributed by atoms with Crippen LogP contribution in [-0.2, 0) is 17.8 Å². The molecular formula is C32H29Cl2N5O. The topological polar surface area (TPSA) is 63.9 Å². The standard InChI is InChI=1S/C32H29Cl2N5O/c33-25-12-13-28(29(34)21-25)31-36-32(23-14-16-35-17-15-23)39(37-31)19-18-38(26-9-2-3-10-26)30(40)20-24-8-5-7-22-6-1-4-11-27(22)24/h1,4-8,11-17,21,26H,2-3,9-10,18-20H2. The maximum atomic E-state index is 13.9. The number of aromatic nitrogens is 4. The van der Waals surface area contributed by atoms with Gasteiger partial charge in [0.2, 0.25) is 5.91 Å². The molecule has 1 saturated carbocycles. The molecule has 0 radical (unpaired) electrons. The molecule has 0 aliphatic heterocycles. The molecule has 5 aromatic rings. The molecule has 40 heavy (non-hydrogen) atoms. The van der Waals surface area contributed by atoms with E-state index in [-0.39, 0.29) is 11.9 Å². The molecule has 3 aromatic carbocycles. The maximum Gasteiger partial charge on any atom is 0.227 e. The minimum absolute atomic E-state index is 0.148. The van der Waals surface area contributed by atoms with Gasteiger partial charge in [-0.15, -0.1) is 0 Å². The molecule has 0 spiro atoms. The summed E-state index contributed by atoms with van der Waals surface area (Å²) in [4.78, 5) is 24.9. The van der Waals surface area contributed by atoms with Gasteiger partial charge in [-0.25, -0.2) is 9.67 Å². The van der Waals surface area contributed by atoms with E-state index in [1.807, 2.05) is 41.1 Å². The summed E-state index contributed by atoms with van der Waals surface area (Å²) in [6.07, 6.45) is 8.20. The van der Waals surface area contributed by atoms with Crippen molar-refractivity contribution in [2.24, 2.45) is 0 Å². The molecule has 2 aromatic heterocycles. The van der Waals surface area contributed by atoms with E-state index in [4.69, 9.17) is 33.3 Å². The molecule has 6 nitrogen and oxygen atoms in total. The number of carbonyl (C=O) groups is 1. The van der Waals surface area contributed by atoms with E-state index in [1.165, 1.54) is 0 Å². The largest absolute Gasteiger partial charge is 0.338 e. The van der Waals surface area contributed by atoms with Gasteiger partial charge in [0, 0.05) is 41.1 Å². The second-order valence-corrected chi connectivity index (χ2v) is 11.0. The molecule has 1 aliphatic rings. The number of hydrogen-bond acceptors (Lipinski definition) is 4. The third-order valence-electron chi connectivity index (χ3n) is 7.64. The predicted octanol–water partition coefficient (Wildman–Crippen LogP) is 7.48. The van der Waals surface area contributed by atoms with Crippen LogP contribution < -0.4 is 0 Å². The Hall–Kier alpha value is -3.74. The second-order valence-electron chi connectivity index (χ2n) is 10.2. The van der Waals surface area contributed by atoms with E-state index in [0.717, 1.165) is 47.6 Å². The number of hydrogen-bond donors (Lipinski definition) is 0. The molecule has 0 atom stereocenters. The number of carbonyl (C=O) groups excluding carboxylic acids is 1. The van der Waals surface area contributed by atoms with Crippen molar-refractivity contribution in [1.82, 2.24) is 24.6 Å². The maximum absolute atomic E-state index is 13.9. The van der Waals surface area contributed by atoms with Crippen molar-refractivity contribution in [3.05, 3.63) is 101 Å². The summed E-state index contributed by atoms with van der Waals surface area (Å²) in [5.41, 5.74) is 2.66. The van der Waals surface area contributed by atoms with Crippen LogP contribution in [0.4, 0.5) is 0 Å². The number of rotatable bonds is 8. The normalized spacial score (nSPS) is 13.7. The third kappa shape index (κ3) is 5.60. The molecule has 0 saturated heterocycles. The van der Waals surface area contributed by atoms with Crippen molar-refractivity contribution in [2.45, 2.75) is 44.7 Å². The minimum atomic E-state index is 0.148. The van der Waals surface area contributed by atoms with E-state index in [1.54, 1.807) is 24.5 Å². The number of pyridine rings is 1.